The van der Waals surface area contributed by atoms with Gasteiger partial charge in [-0.15, -0.1) is 0 Å². The van der Waals surface area contributed by atoms with Crippen molar-refractivity contribution in [2.24, 2.45) is 0 Å². The maximum absolute atomic E-state index is 12.5. The van der Waals surface area contributed by atoms with Crippen LogP contribution in [0, 0.1) is 0 Å². The molecule has 25 heavy (non-hydrogen) atoms. The first-order valence-electron chi connectivity index (χ1n) is 8.25. The molecule has 2 aromatic rings. The molecule has 0 aliphatic carbocycles. The van der Waals surface area contributed by atoms with Crippen molar-refractivity contribution in [3.05, 3.63) is 59.7 Å². The molecular weight excluding hydrogens is 336 g/mol. The molecule has 0 unspecified atom stereocenters. The van der Waals surface area contributed by atoms with Crippen molar-refractivity contribution in [2.75, 3.05) is 17.2 Å². The van der Waals surface area contributed by atoms with Crippen LogP contribution in [0.15, 0.2) is 53.4 Å². The van der Waals surface area contributed by atoms with Crippen LogP contribution in [-0.4, -0.2) is 28.3 Å². The summed E-state index contributed by atoms with van der Waals surface area (Å²) in [5.41, 5.74) is 2.01. The first-order valence-corrected chi connectivity index (χ1v) is 9.57. The lowest BCUT2D eigenvalue weighted by atomic mass is 10.1. The van der Waals surface area contributed by atoms with Gasteiger partial charge in [0.15, 0.2) is 0 Å². The summed E-state index contributed by atoms with van der Waals surface area (Å²) in [7, 11) is -1.37. The van der Waals surface area contributed by atoms with E-state index in [4.69, 9.17) is 0 Å². The molecule has 0 bridgehead atoms. The zero-order valence-electron chi connectivity index (χ0n) is 14.0. The van der Waals surface area contributed by atoms with Crippen LogP contribution >= 0.6 is 0 Å². The minimum absolute atomic E-state index is 0.0266. The molecule has 2 amide bonds. The second-order valence-electron chi connectivity index (χ2n) is 5.89. The summed E-state index contributed by atoms with van der Waals surface area (Å²) in [5, 5.41) is 2.82. The highest BCUT2D eigenvalue weighted by atomic mass is 32.2. The van der Waals surface area contributed by atoms with Crippen molar-refractivity contribution in [3.63, 3.8) is 0 Å². The lowest BCUT2D eigenvalue weighted by molar-refractivity contribution is -0.116. The van der Waals surface area contributed by atoms with E-state index < -0.39 is 10.8 Å². The van der Waals surface area contributed by atoms with Crippen LogP contribution in [0.3, 0.4) is 0 Å². The van der Waals surface area contributed by atoms with Crippen molar-refractivity contribution in [1.29, 1.82) is 0 Å². The SMILES string of the molecule is CCCNC(=O)c1ccc2c(c1)N(Cc1ccccc1)C(=O)C[S@@]2=O. The quantitative estimate of drug-likeness (QED) is 0.895. The largest absolute Gasteiger partial charge is 0.352 e. The Morgan fingerprint density at radius 2 is 1.96 bits per heavy atom. The van der Waals surface area contributed by atoms with Gasteiger partial charge in [0.2, 0.25) is 5.91 Å². The first-order chi connectivity index (χ1) is 12.1. The van der Waals surface area contributed by atoms with Gasteiger partial charge in [0.05, 0.1) is 27.9 Å². The van der Waals surface area contributed by atoms with Gasteiger partial charge < -0.3 is 10.2 Å². The molecule has 2 aromatic carbocycles. The predicted molar refractivity (Wildman–Crippen MR) is 98.0 cm³/mol. The number of anilines is 1. The topological polar surface area (TPSA) is 66.5 Å². The zero-order chi connectivity index (χ0) is 17.8. The van der Waals surface area contributed by atoms with Crippen LogP contribution in [0.2, 0.25) is 0 Å². The Kier molecular flexibility index (Phi) is 5.28. The Hall–Kier alpha value is -2.47. The summed E-state index contributed by atoms with van der Waals surface area (Å²) >= 11 is 0. The third-order valence-electron chi connectivity index (χ3n) is 4.03. The second-order valence-corrected chi connectivity index (χ2v) is 7.31. The highest BCUT2D eigenvalue weighted by Gasteiger charge is 2.30. The fourth-order valence-corrected chi connectivity index (χ4v) is 3.90. The van der Waals surface area contributed by atoms with Crippen LogP contribution in [0.25, 0.3) is 0 Å². The molecule has 130 valence electrons. The average molecular weight is 356 g/mol. The van der Waals surface area contributed by atoms with Gasteiger partial charge in [-0.3, -0.25) is 13.8 Å². The molecule has 0 fully saturated rings. The van der Waals surface area contributed by atoms with Gasteiger partial charge in [-0.1, -0.05) is 37.3 Å². The molecule has 1 aliphatic heterocycles. The van der Waals surface area contributed by atoms with Gasteiger partial charge in [-0.2, -0.15) is 0 Å². The molecule has 6 heteroatoms. The summed E-state index contributed by atoms with van der Waals surface area (Å²) in [6.07, 6.45) is 0.847. The molecule has 1 N–H and O–H groups in total. The molecule has 5 nitrogen and oxygen atoms in total. The number of hydrogen-bond acceptors (Lipinski definition) is 3. The molecule has 1 atom stereocenters. The number of hydrogen-bond donors (Lipinski definition) is 1. The number of rotatable bonds is 5. The lowest BCUT2D eigenvalue weighted by Gasteiger charge is -2.29. The Balaban J connectivity index is 1.96. The van der Waals surface area contributed by atoms with E-state index in [0.717, 1.165) is 12.0 Å². The van der Waals surface area contributed by atoms with E-state index in [0.29, 0.717) is 29.2 Å². The fourth-order valence-electron chi connectivity index (χ4n) is 2.74. The monoisotopic (exact) mass is 356 g/mol. The Bertz CT molecular complexity index is 821. The van der Waals surface area contributed by atoms with Gasteiger partial charge in [-0.05, 0) is 30.2 Å². The maximum atomic E-state index is 12.5. The zero-order valence-corrected chi connectivity index (χ0v) is 14.8. The third kappa shape index (κ3) is 3.79. The standard InChI is InChI=1S/C19H20N2O3S/c1-2-10-20-19(23)15-8-9-17-16(11-15)21(18(22)13-25(17)24)12-14-6-4-3-5-7-14/h3-9,11H,2,10,12-13H2,1H3,(H,20,23)/t25-/m0/s1. The molecular formula is C19H20N2O3S. The van der Waals surface area contributed by atoms with Gasteiger partial charge >= 0.3 is 0 Å². The number of amides is 2. The van der Waals surface area contributed by atoms with Crippen molar-refractivity contribution in [3.8, 4) is 0 Å². The third-order valence-corrected chi connectivity index (χ3v) is 5.38. The van der Waals surface area contributed by atoms with Gasteiger partial charge in [0, 0.05) is 12.1 Å². The van der Waals surface area contributed by atoms with E-state index in [9.17, 15) is 13.8 Å². The minimum atomic E-state index is -1.37. The van der Waals surface area contributed by atoms with E-state index >= 15 is 0 Å². The molecule has 0 spiro atoms. The molecule has 0 saturated heterocycles. The number of carbonyl (C=O) groups is 2. The van der Waals surface area contributed by atoms with E-state index in [-0.39, 0.29) is 17.6 Å². The minimum Gasteiger partial charge on any atom is -0.352 e. The Labute approximate surface area is 149 Å². The van der Waals surface area contributed by atoms with E-state index in [2.05, 4.69) is 5.32 Å². The van der Waals surface area contributed by atoms with Crippen LogP contribution < -0.4 is 10.2 Å². The molecule has 1 aliphatic rings. The van der Waals surface area contributed by atoms with E-state index in [1.165, 1.54) is 0 Å². The second kappa shape index (κ2) is 7.61. The number of nitrogens with one attached hydrogen (secondary N) is 1. The fraction of sp³-hybridized carbons (Fsp3) is 0.263. The molecule has 1 heterocycles. The Morgan fingerprint density at radius 1 is 1.20 bits per heavy atom. The maximum Gasteiger partial charge on any atom is 0.251 e. The average Bonchev–Trinajstić information content (AvgIpc) is 2.63. The smallest absolute Gasteiger partial charge is 0.251 e. The van der Waals surface area contributed by atoms with Crippen LogP contribution in [0.1, 0.15) is 29.3 Å². The number of nitrogens with zero attached hydrogens (tertiary/aromatic N) is 1. The first kappa shape index (κ1) is 17.4. The summed E-state index contributed by atoms with van der Waals surface area (Å²) in [4.78, 5) is 26.9. The van der Waals surface area contributed by atoms with Crippen LogP contribution in [0.4, 0.5) is 5.69 Å². The molecule has 0 radical (unpaired) electrons. The van der Waals surface area contributed by atoms with Gasteiger partial charge in [0.1, 0.15) is 5.75 Å². The van der Waals surface area contributed by atoms with Crippen molar-refractivity contribution >= 4 is 28.3 Å². The lowest BCUT2D eigenvalue weighted by Crippen LogP contribution is -2.38. The van der Waals surface area contributed by atoms with E-state index in [1.54, 1.807) is 23.1 Å². The van der Waals surface area contributed by atoms with Crippen LogP contribution in [-0.2, 0) is 22.1 Å². The number of fused-ring (bicyclic) bond motifs is 1. The molecule has 0 aromatic heterocycles. The predicted octanol–water partition coefficient (Wildman–Crippen LogP) is 2.48. The summed E-state index contributed by atoms with van der Waals surface area (Å²) < 4.78 is 12.3. The normalized spacial score (nSPS) is 16.4. The summed E-state index contributed by atoms with van der Waals surface area (Å²) in [6, 6.07) is 14.6. The van der Waals surface area contributed by atoms with Crippen LogP contribution in [0.5, 0.6) is 0 Å². The number of benzene rings is 2. The van der Waals surface area contributed by atoms with Gasteiger partial charge in [-0.25, -0.2) is 0 Å². The summed E-state index contributed by atoms with van der Waals surface area (Å²) in [6.45, 7) is 2.97. The van der Waals surface area contributed by atoms with E-state index in [1.807, 2.05) is 37.3 Å². The highest BCUT2D eigenvalue weighted by Crippen LogP contribution is 2.31. The number of carbonyl (C=O) groups excluding carboxylic acids is 2. The van der Waals surface area contributed by atoms with Crippen molar-refractivity contribution in [2.45, 2.75) is 24.8 Å². The van der Waals surface area contributed by atoms with Gasteiger partial charge in [0.25, 0.3) is 5.91 Å². The Morgan fingerprint density at radius 3 is 2.68 bits per heavy atom. The summed E-state index contributed by atoms with van der Waals surface area (Å²) in [5.74, 6) is -0.407. The molecule has 3 rings (SSSR count). The van der Waals surface area contributed by atoms with Crippen molar-refractivity contribution < 1.29 is 13.8 Å². The molecule has 0 saturated carbocycles. The van der Waals surface area contributed by atoms with Crippen molar-refractivity contribution in [1.82, 2.24) is 5.32 Å². The highest BCUT2D eigenvalue weighted by molar-refractivity contribution is 7.86.